The van der Waals surface area contributed by atoms with Crippen LogP contribution in [-0.2, 0) is 6.42 Å². The van der Waals surface area contributed by atoms with E-state index in [4.69, 9.17) is 0 Å². The second-order valence-electron chi connectivity index (χ2n) is 6.65. The van der Waals surface area contributed by atoms with Gasteiger partial charge < -0.3 is 10.6 Å². The van der Waals surface area contributed by atoms with Gasteiger partial charge in [0.05, 0.1) is 11.7 Å². The van der Waals surface area contributed by atoms with Gasteiger partial charge in [-0.25, -0.2) is 4.68 Å². The SMILES string of the molecule is CN=C(NCCc1ccc(C)cc1)NC(C)c1cccc(-n2cccn2)c1.I. The van der Waals surface area contributed by atoms with Crippen LogP contribution in [0.3, 0.4) is 0 Å². The van der Waals surface area contributed by atoms with Gasteiger partial charge in [-0.1, -0.05) is 42.0 Å². The highest BCUT2D eigenvalue weighted by Crippen LogP contribution is 2.16. The fourth-order valence-electron chi connectivity index (χ4n) is 2.92. The number of rotatable bonds is 6. The molecule has 0 saturated carbocycles. The zero-order chi connectivity index (χ0) is 19.1. The number of hydrogen-bond acceptors (Lipinski definition) is 2. The number of nitrogens with zero attached hydrogens (tertiary/aromatic N) is 3. The molecule has 0 fully saturated rings. The Morgan fingerprint density at radius 3 is 2.61 bits per heavy atom. The van der Waals surface area contributed by atoms with Crippen LogP contribution in [0.25, 0.3) is 5.69 Å². The minimum Gasteiger partial charge on any atom is -0.356 e. The number of hydrogen-bond donors (Lipinski definition) is 2. The van der Waals surface area contributed by atoms with Crippen LogP contribution >= 0.6 is 24.0 Å². The Labute approximate surface area is 184 Å². The molecule has 1 aromatic heterocycles. The van der Waals surface area contributed by atoms with Crippen molar-refractivity contribution in [1.29, 1.82) is 0 Å². The molecule has 0 aliphatic carbocycles. The van der Waals surface area contributed by atoms with Crippen LogP contribution in [-0.4, -0.2) is 29.3 Å². The van der Waals surface area contributed by atoms with Gasteiger partial charge >= 0.3 is 0 Å². The average molecular weight is 489 g/mol. The first-order chi connectivity index (χ1) is 13.2. The number of guanidine groups is 1. The molecule has 148 valence electrons. The number of aromatic nitrogens is 2. The molecule has 1 heterocycles. The summed E-state index contributed by atoms with van der Waals surface area (Å²) in [6.07, 6.45) is 4.70. The summed E-state index contributed by atoms with van der Waals surface area (Å²) in [4.78, 5) is 4.35. The van der Waals surface area contributed by atoms with Crippen molar-refractivity contribution in [2.75, 3.05) is 13.6 Å². The summed E-state index contributed by atoms with van der Waals surface area (Å²) in [7, 11) is 1.80. The van der Waals surface area contributed by atoms with Crippen molar-refractivity contribution in [3.05, 3.63) is 83.7 Å². The van der Waals surface area contributed by atoms with E-state index in [9.17, 15) is 0 Å². The van der Waals surface area contributed by atoms with Gasteiger partial charge in [-0.2, -0.15) is 5.10 Å². The Morgan fingerprint density at radius 1 is 1.14 bits per heavy atom. The van der Waals surface area contributed by atoms with E-state index >= 15 is 0 Å². The van der Waals surface area contributed by atoms with Gasteiger partial charge in [0, 0.05) is 26.0 Å². The molecule has 3 rings (SSSR count). The minimum absolute atomic E-state index is 0. The van der Waals surface area contributed by atoms with Crippen molar-refractivity contribution in [1.82, 2.24) is 20.4 Å². The molecule has 0 amide bonds. The van der Waals surface area contributed by atoms with Crippen LogP contribution in [0.15, 0.2) is 72.0 Å². The Kier molecular flexibility index (Phi) is 8.50. The second kappa shape index (κ2) is 10.8. The zero-order valence-electron chi connectivity index (χ0n) is 16.6. The highest BCUT2D eigenvalue weighted by molar-refractivity contribution is 14.0. The Balaban J connectivity index is 0.00000280. The standard InChI is InChI=1S/C22H27N5.HI/c1-17-8-10-19(11-9-17)12-14-24-22(23-3)26-18(2)20-6-4-7-21(16-20)27-15-5-13-25-27;/h4-11,13,15-16,18H,12,14H2,1-3H3,(H2,23,24,26);1H. The van der Waals surface area contributed by atoms with Gasteiger partial charge in [-0.3, -0.25) is 4.99 Å². The van der Waals surface area contributed by atoms with E-state index in [0.717, 1.165) is 24.6 Å². The van der Waals surface area contributed by atoms with E-state index < -0.39 is 0 Å². The molecule has 0 aliphatic rings. The Morgan fingerprint density at radius 2 is 1.93 bits per heavy atom. The molecular formula is C22H28IN5. The maximum atomic E-state index is 4.35. The number of benzene rings is 2. The summed E-state index contributed by atoms with van der Waals surface area (Å²) >= 11 is 0. The largest absolute Gasteiger partial charge is 0.356 e. The molecule has 2 aromatic carbocycles. The molecule has 0 radical (unpaired) electrons. The van der Waals surface area contributed by atoms with Crippen LogP contribution < -0.4 is 10.6 Å². The summed E-state index contributed by atoms with van der Waals surface area (Å²) < 4.78 is 1.87. The third-order valence-corrected chi connectivity index (χ3v) is 4.54. The zero-order valence-corrected chi connectivity index (χ0v) is 18.9. The van der Waals surface area contributed by atoms with Crippen molar-refractivity contribution in [3.63, 3.8) is 0 Å². The maximum Gasteiger partial charge on any atom is 0.191 e. The van der Waals surface area contributed by atoms with Crippen molar-refractivity contribution < 1.29 is 0 Å². The van der Waals surface area contributed by atoms with E-state index in [0.29, 0.717) is 0 Å². The van der Waals surface area contributed by atoms with Gasteiger partial charge in [0.15, 0.2) is 5.96 Å². The molecule has 0 saturated heterocycles. The number of aliphatic imine (C=N–C) groups is 1. The molecule has 3 aromatic rings. The fraction of sp³-hybridized carbons (Fsp3) is 0.273. The Hall–Kier alpha value is -2.35. The van der Waals surface area contributed by atoms with Gasteiger partial charge in [-0.15, -0.1) is 24.0 Å². The predicted octanol–water partition coefficient (Wildman–Crippen LogP) is 4.27. The lowest BCUT2D eigenvalue weighted by Crippen LogP contribution is -2.39. The molecule has 1 unspecified atom stereocenters. The van der Waals surface area contributed by atoms with Crippen LogP contribution in [0.2, 0.25) is 0 Å². The average Bonchev–Trinajstić information content (AvgIpc) is 3.23. The molecule has 0 aliphatic heterocycles. The van der Waals surface area contributed by atoms with Crippen molar-refractivity contribution in [3.8, 4) is 5.69 Å². The normalized spacial score (nSPS) is 12.2. The van der Waals surface area contributed by atoms with Gasteiger partial charge in [-0.05, 0) is 49.6 Å². The first-order valence-corrected chi connectivity index (χ1v) is 9.28. The van der Waals surface area contributed by atoms with Gasteiger partial charge in [0.2, 0.25) is 0 Å². The quantitative estimate of drug-likeness (QED) is 0.309. The molecule has 1 atom stereocenters. The van der Waals surface area contributed by atoms with Crippen LogP contribution in [0, 0.1) is 6.92 Å². The number of halogens is 1. The first-order valence-electron chi connectivity index (χ1n) is 9.28. The molecular weight excluding hydrogens is 461 g/mol. The molecule has 2 N–H and O–H groups in total. The second-order valence-corrected chi connectivity index (χ2v) is 6.65. The monoisotopic (exact) mass is 489 g/mol. The first kappa shape index (κ1) is 21.9. The summed E-state index contributed by atoms with van der Waals surface area (Å²) in [5.41, 5.74) is 4.84. The topological polar surface area (TPSA) is 54.2 Å². The number of nitrogens with one attached hydrogen (secondary N) is 2. The summed E-state index contributed by atoms with van der Waals surface area (Å²) in [5.74, 6) is 0.805. The molecule has 0 bridgehead atoms. The lowest BCUT2D eigenvalue weighted by molar-refractivity contribution is 0.683. The van der Waals surface area contributed by atoms with E-state index in [1.807, 2.05) is 16.9 Å². The summed E-state index contributed by atoms with van der Waals surface area (Å²) in [6, 6.07) is 19.1. The van der Waals surface area contributed by atoms with Crippen molar-refractivity contribution in [2.24, 2.45) is 4.99 Å². The van der Waals surface area contributed by atoms with Crippen molar-refractivity contribution in [2.45, 2.75) is 26.3 Å². The lowest BCUT2D eigenvalue weighted by Gasteiger charge is -2.19. The summed E-state index contributed by atoms with van der Waals surface area (Å²) in [5, 5.41) is 11.2. The lowest BCUT2D eigenvalue weighted by atomic mass is 10.1. The third-order valence-electron chi connectivity index (χ3n) is 4.54. The smallest absolute Gasteiger partial charge is 0.191 e. The summed E-state index contributed by atoms with van der Waals surface area (Å²) in [6.45, 7) is 5.08. The van der Waals surface area contributed by atoms with E-state index in [1.165, 1.54) is 16.7 Å². The van der Waals surface area contributed by atoms with Gasteiger partial charge in [0.25, 0.3) is 0 Å². The van der Waals surface area contributed by atoms with E-state index in [-0.39, 0.29) is 30.0 Å². The molecule has 0 spiro atoms. The van der Waals surface area contributed by atoms with Crippen molar-refractivity contribution >= 4 is 29.9 Å². The fourth-order valence-corrected chi connectivity index (χ4v) is 2.92. The minimum atomic E-state index is 0. The molecule has 6 heteroatoms. The third kappa shape index (κ3) is 6.09. The highest BCUT2D eigenvalue weighted by Gasteiger charge is 2.09. The van der Waals surface area contributed by atoms with Crippen LogP contribution in [0.4, 0.5) is 0 Å². The number of aryl methyl sites for hydroxylation is 1. The highest BCUT2D eigenvalue weighted by atomic mass is 127. The van der Waals surface area contributed by atoms with Crippen LogP contribution in [0.1, 0.15) is 29.7 Å². The molecule has 28 heavy (non-hydrogen) atoms. The molecule has 5 nitrogen and oxygen atoms in total. The van der Waals surface area contributed by atoms with Gasteiger partial charge in [0.1, 0.15) is 0 Å². The van der Waals surface area contributed by atoms with E-state index in [1.54, 1.807) is 13.2 Å². The van der Waals surface area contributed by atoms with Crippen LogP contribution in [0.5, 0.6) is 0 Å². The maximum absolute atomic E-state index is 4.35. The predicted molar refractivity (Wildman–Crippen MR) is 127 cm³/mol. The van der Waals surface area contributed by atoms with E-state index in [2.05, 4.69) is 83.1 Å². The Bertz CT molecular complexity index is 872.